The van der Waals surface area contributed by atoms with E-state index in [1.165, 1.54) is 4.90 Å². The minimum absolute atomic E-state index is 0.0388. The molecule has 0 radical (unpaired) electrons. The molecule has 2 saturated heterocycles. The molecule has 0 unspecified atom stereocenters. The number of urea groups is 1. The minimum Gasteiger partial charge on any atom is -0.355 e. The van der Waals surface area contributed by atoms with Crippen LogP contribution in [0.5, 0.6) is 0 Å². The Labute approximate surface area is 157 Å². The summed E-state index contributed by atoms with van der Waals surface area (Å²) in [7, 11) is 3.41. The lowest BCUT2D eigenvalue weighted by Gasteiger charge is -2.33. The number of benzene rings is 1. The summed E-state index contributed by atoms with van der Waals surface area (Å²) in [5.74, 6) is -0.150. The maximum absolute atomic E-state index is 13.0. The molecule has 0 bridgehead atoms. The van der Waals surface area contributed by atoms with Crippen LogP contribution in [0.2, 0.25) is 5.02 Å². The number of carbonyl (C=O) groups excluding carboxylic acids is 3. The van der Waals surface area contributed by atoms with E-state index in [-0.39, 0.29) is 17.8 Å². The van der Waals surface area contributed by atoms with Gasteiger partial charge in [-0.2, -0.15) is 0 Å². The molecule has 1 aromatic carbocycles. The van der Waals surface area contributed by atoms with E-state index in [1.807, 2.05) is 0 Å². The monoisotopic (exact) mass is 378 g/mol. The average Bonchev–Trinajstić information content (AvgIpc) is 2.85. The zero-order chi connectivity index (χ0) is 18.9. The molecule has 3 rings (SSSR count). The Bertz CT molecular complexity index is 722. The van der Waals surface area contributed by atoms with E-state index in [0.29, 0.717) is 49.7 Å². The zero-order valence-corrected chi connectivity index (χ0v) is 15.8. The third-order valence-electron chi connectivity index (χ3n) is 4.92. The van der Waals surface area contributed by atoms with Gasteiger partial charge in [0.1, 0.15) is 0 Å². The van der Waals surface area contributed by atoms with Crippen molar-refractivity contribution in [2.45, 2.75) is 6.42 Å². The van der Waals surface area contributed by atoms with Crippen LogP contribution in [0.3, 0.4) is 0 Å². The predicted octanol–water partition coefficient (Wildman–Crippen LogP) is 1.29. The zero-order valence-electron chi connectivity index (χ0n) is 15.0. The number of hydrogen-bond acceptors (Lipinski definition) is 3. The van der Waals surface area contributed by atoms with Crippen LogP contribution in [0.1, 0.15) is 16.8 Å². The molecule has 1 atom stereocenters. The summed E-state index contributed by atoms with van der Waals surface area (Å²) in [6.07, 6.45) is 0.314. The Morgan fingerprint density at radius 1 is 1.12 bits per heavy atom. The largest absolute Gasteiger partial charge is 0.355 e. The fourth-order valence-corrected chi connectivity index (χ4v) is 3.76. The third-order valence-corrected chi connectivity index (χ3v) is 5.17. The maximum atomic E-state index is 13.0. The first-order chi connectivity index (χ1) is 12.3. The van der Waals surface area contributed by atoms with Crippen LogP contribution < -0.4 is 5.32 Å². The van der Waals surface area contributed by atoms with Crippen molar-refractivity contribution in [1.82, 2.24) is 20.0 Å². The smallest absolute Gasteiger partial charge is 0.319 e. The topological polar surface area (TPSA) is 73.0 Å². The summed E-state index contributed by atoms with van der Waals surface area (Å²) in [5.41, 5.74) is 0.0932. The van der Waals surface area contributed by atoms with Crippen molar-refractivity contribution >= 4 is 29.4 Å². The highest BCUT2D eigenvalue weighted by Gasteiger charge is 2.45. The van der Waals surface area contributed by atoms with Gasteiger partial charge in [-0.05, 0) is 24.3 Å². The highest BCUT2D eigenvalue weighted by molar-refractivity contribution is 6.30. The molecular weight excluding hydrogens is 356 g/mol. The second-order valence-electron chi connectivity index (χ2n) is 7.29. The quantitative estimate of drug-likeness (QED) is 0.800. The van der Waals surface area contributed by atoms with Crippen LogP contribution in [-0.2, 0) is 4.79 Å². The maximum Gasteiger partial charge on any atom is 0.319 e. The second-order valence-corrected chi connectivity index (χ2v) is 7.72. The standard InChI is InChI=1S/C18H23ClN4O3/c1-21(2)17(26)23-8-7-22(11-18(12-23)9-15(24)20-10-18)16(25)13-3-5-14(19)6-4-13/h3-6H,7-12H2,1-2H3,(H,20,24)/t18-/m1/s1. The molecule has 2 aliphatic heterocycles. The molecule has 26 heavy (non-hydrogen) atoms. The summed E-state index contributed by atoms with van der Waals surface area (Å²) >= 11 is 5.91. The minimum atomic E-state index is -0.457. The van der Waals surface area contributed by atoms with Gasteiger partial charge in [0.05, 0.1) is 0 Å². The lowest BCUT2D eigenvalue weighted by Crippen LogP contribution is -2.47. The summed E-state index contributed by atoms with van der Waals surface area (Å²) in [6, 6.07) is 6.66. The predicted molar refractivity (Wildman–Crippen MR) is 98.1 cm³/mol. The number of amides is 4. The molecule has 140 valence electrons. The summed E-state index contributed by atoms with van der Waals surface area (Å²) in [5, 5.41) is 3.43. The van der Waals surface area contributed by atoms with Gasteiger partial charge in [-0.15, -0.1) is 0 Å². The van der Waals surface area contributed by atoms with E-state index in [0.717, 1.165) is 0 Å². The molecule has 0 saturated carbocycles. The lowest BCUT2D eigenvalue weighted by molar-refractivity contribution is -0.119. The van der Waals surface area contributed by atoms with Crippen molar-refractivity contribution in [2.24, 2.45) is 5.41 Å². The van der Waals surface area contributed by atoms with Gasteiger partial charge >= 0.3 is 6.03 Å². The number of nitrogens with one attached hydrogen (secondary N) is 1. The van der Waals surface area contributed by atoms with Gasteiger partial charge in [0.2, 0.25) is 5.91 Å². The Morgan fingerprint density at radius 2 is 1.73 bits per heavy atom. The Kier molecular flexibility index (Phi) is 5.09. The van der Waals surface area contributed by atoms with E-state index in [9.17, 15) is 14.4 Å². The normalized spacial score (nSPS) is 23.0. The third kappa shape index (κ3) is 3.77. The van der Waals surface area contributed by atoms with Crippen molar-refractivity contribution in [3.8, 4) is 0 Å². The molecule has 7 nitrogen and oxygen atoms in total. The number of halogens is 1. The van der Waals surface area contributed by atoms with E-state index >= 15 is 0 Å². The first-order valence-electron chi connectivity index (χ1n) is 8.57. The van der Waals surface area contributed by atoms with E-state index in [2.05, 4.69) is 5.32 Å². The summed E-state index contributed by atoms with van der Waals surface area (Å²) in [6.45, 7) is 2.22. The fourth-order valence-electron chi connectivity index (χ4n) is 3.63. The highest BCUT2D eigenvalue weighted by atomic mass is 35.5. The average molecular weight is 379 g/mol. The van der Waals surface area contributed by atoms with Gasteiger partial charge < -0.3 is 20.0 Å². The first-order valence-corrected chi connectivity index (χ1v) is 8.95. The molecule has 8 heteroatoms. The lowest BCUT2D eigenvalue weighted by atomic mass is 9.86. The number of nitrogens with zero attached hydrogens (tertiary/aromatic N) is 3. The van der Waals surface area contributed by atoms with E-state index in [4.69, 9.17) is 11.6 Å². The van der Waals surface area contributed by atoms with Gasteiger partial charge in [-0.25, -0.2) is 4.79 Å². The van der Waals surface area contributed by atoms with E-state index < -0.39 is 5.41 Å². The van der Waals surface area contributed by atoms with Crippen LogP contribution in [0.25, 0.3) is 0 Å². The van der Waals surface area contributed by atoms with Gasteiger partial charge in [-0.3, -0.25) is 9.59 Å². The van der Waals surface area contributed by atoms with Gasteiger partial charge in [0.25, 0.3) is 5.91 Å². The molecule has 0 aliphatic carbocycles. The second kappa shape index (κ2) is 7.15. The van der Waals surface area contributed by atoms with Crippen molar-refractivity contribution in [3.63, 3.8) is 0 Å². The van der Waals surface area contributed by atoms with Crippen molar-refractivity contribution in [1.29, 1.82) is 0 Å². The van der Waals surface area contributed by atoms with Crippen LogP contribution in [0.4, 0.5) is 4.79 Å². The Hall–Kier alpha value is -2.28. The fraction of sp³-hybridized carbons (Fsp3) is 0.500. The molecule has 2 fully saturated rings. The first kappa shape index (κ1) is 18.5. The van der Waals surface area contributed by atoms with Crippen molar-refractivity contribution < 1.29 is 14.4 Å². The number of rotatable bonds is 1. The Morgan fingerprint density at radius 3 is 2.31 bits per heavy atom. The van der Waals surface area contributed by atoms with Crippen LogP contribution in [0.15, 0.2) is 24.3 Å². The molecule has 1 aromatic rings. The molecule has 2 heterocycles. The SMILES string of the molecule is CN(C)C(=O)N1CCN(C(=O)c2ccc(Cl)cc2)C[C@@]2(CNC(=O)C2)C1. The molecular formula is C18H23ClN4O3. The van der Waals surface area contributed by atoms with Crippen molar-refractivity contribution in [2.75, 3.05) is 46.8 Å². The molecule has 1 spiro atoms. The van der Waals surface area contributed by atoms with E-state index in [1.54, 1.807) is 48.2 Å². The highest BCUT2D eigenvalue weighted by Crippen LogP contribution is 2.31. The summed E-state index contributed by atoms with van der Waals surface area (Å²) in [4.78, 5) is 42.3. The van der Waals surface area contributed by atoms with Crippen LogP contribution in [0, 0.1) is 5.41 Å². The van der Waals surface area contributed by atoms with Crippen LogP contribution in [-0.4, -0.2) is 79.4 Å². The van der Waals surface area contributed by atoms with Crippen molar-refractivity contribution in [3.05, 3.63) is 34.9 Å². The molecule has 0 aromatic heterocycles. The molecule has 1 N–H and O–H groups in total. The van der Waals surface area contributed by atoms with Crippen LogP contribution >= 0.6 is 11.6 Å². The molecule has 4 amide bonds. The van der Waals surface area contributed by atoms with Gasteiger partial charge in [-0.1, -0.05) is 11.6 Å². The van der Waals surface area contributed by atoms with Gasteiger partial charge in [0.15, 0.2) is 0 Å². The summed E-state index contributed by atoms with van der Waals surface area (Å²) < 4.78 is 0. The number of carbonyl (C=O) groups is 3. The van der Waals surface area contributed by atoms with Gasteiger partial charge in [0, 0.05) is 69.2 Å². The molecule has 2 aliphatic rings. The number of hydrogen-bond donors (Lipinski definition) is 1. The Balaban J connectivity index is 1.85.